The molecule has 2 aliphatic heterocycles. The molecule has 3 aromatic rings. The highest BCUT2D eigenvalue weighted by Crippen LogP contribution is 2.34. The third-order valence-corrected chi connectivity index (χ3v) is 5.90. The van der Waals surface area contributed by atoms with Gasteiger partial charge in [0.1, 0.15) is 23.5 Å². The highest BCUT2D eigenvalue weighted by atomic mass is 79.9. The van der Waals surface area contributed by atoms with E-state index in [4.69, 9.17) is 4.74 Å². The van der Waals surface area contributed by atoms with Crippen molar-refractivity contribution >= 4 is 50.6 Å². The number of ether oxygens (including phenoxy) is 1. The number of pyridine rings is 1. The van der Waals surface area contributed by atoms with Crippen LogP contribution in [0.3, 0.4) is 0 Å². The van der Waals surface area contributed by atoms with Gasteiger partial charge in [0.2, 0.25) is 0 Å². The van der Waals surface area contributed by atoms with Gasteiger partial charge in [0.15, 0.2) is 0 Å². The second-order valence-corrected chi connectivity index (χ2v) is 7.83. The number of aromatic nitrogens is 4. The molecular weight excluding hydrogens is 438 g/mol. The van der Waals surface area contributed by atoms with E-state index >= 15 is 0 Å². The summed E-state index contributed by atoms with van der Waals surface area (Å²) in [7, 11) is 0. The van der Waals surface area contributed by atoms with Crippen LogP contribution in [0.25, 0.3) is 11.0 Å². The number of hydrogen-bond acceptors (Lipinski definition) is 7. The van der Waals surface area contributed by atoms with Gasteiger partial charge in [-0.2, -0.15) is 0 Å². The fourth-order valence-corrected chi connectivity index (χ4v) is 4.23. The maximum Gasteiger partial charge on any atom is 0.271 e. The second kappa shape index (κ2) is 7.20. The molecule has 5 rings (SSSR count). The van der Waals surface area contributed by atoms with Gasteiger partial charge in [-0.3, -0.25) is 14.8 Å². The first kappa shape index (κ1) is 18.2. The number of H-pyrrole nitrogens is 1. The Kier molecular flexibility index (Phi) is 4.51. The number of carbonyl (C=O) groups excluding carboxylic acids is 1. The fraction of sp³-hybridized carbons (Fsp3) is 0.316. The van der Waals surface area contributed by atoms with Gasteiger partial charge in [-0.25, -0.2) is 9.97 Å². The summed E-state index contributed by atoms with van der Waals surface area (Å²) in [4.78, 5) is 35.4. The Morgan fingerprint density at radius 2 is 2.28 bits per heavy atom. The number of nitrogens with one attached hydrogen (secondary N) is 2. The molecule has 148 valence electrons. The SMILES string of the molecule is C[C@@H]1COCCN1C(=O)c1[nH]c2ncnc(Nc3cnc4c(c3)C=NC4)c2c1Br. The van der Waals surface area contributed by atoms with Crippen LogP contribution in [0.4, 0.5) is 11.5 Å². The van der Waals surface area contributed by atoms with Crippen LogP contribution in [-0.2, 0) is 11.3 Å². The molecule has 2 N–H and O–H groups in total. The van der Waals surface area contributed by atoms with Crippen molar-refractivity contribution in [1.82, 2.24) is 24.8 Å². The molecule has 10 heteroatoms. The van der Waals surface area contributed by atoms with Crippen LogP contribution in [0.15, 0.2) is 28.1 Å². The molecule has 0 radical (unpaired) electrons. The Morgan fingerprint density at radius 1 is 1.38 bits per heavy atom. The van der Waals surface area contributed by atoms with Gasteiger partial charge in [-0.05, 0) is 28.9 Å². The van der Waals surface area contributed by atoms with Crippen LogP contribution in [0.1, 0.15) is 28.7 Å². The molecule has 29 heavy (non-hydrogen) atoms. The Hall–Kier alpha value is -2.85. The maximum absolute atomic E-state index is 13.1. The average molecular weight is 456 g/mol. The number of halogens is 1. The molecule has 5 heterocycles. The molecule has 0 unspecified atom stereocenters. The molecular formula is C19H18BrN7O2. The van der Waals surface area contributed by atoms with E-state index in [0.717, 1.165) is 16.9 Å². The molecule has 1 atom stereocenters. The summed E-state index contributed by atoms with van der Waals surface area (Å²) in [6.45, 7) is 4.22. The van der Waals surface area contributed by atoms with Gasteiger partial charge in [0.05, 0.1) is 53.2 Å². The minimum atomic E-state index is -0.0907. The summed E-state index contributed by atoms with van der Waals surface area (Å²) in [5.74, 6) is 0.496. The molecule has 2 aliphatic rings. The van der Waals surface area contributed by atoms with E-state index in [-0.39, 0.29) is 11.9 Å². The maximum atomic E-state index is 13.1. The van der Waals surface area contributed by atoms with Crippen molar-refractivity contribution in [2.75, 3.05) is 25.1 Å². The third kappa shape index (κ3) is 3.18. The Bertz CT molecular complexity index is 1140. The summed E-state index contributed by atoms with van der Waals surface area (Å²) in [6, 6.07) is 1.99. The first-order chi connectivity index (χ1) is 14.1. The van der Waals surface area contributed by atoms with E-state index < -0.39 is 0 Å². The van der Waals surface area contributed by atoms with E-state index in [1.807, 2.05) is 24.1 Å². The minimum Gasteiger partial charge on any atom is -0.377 e. The molecule has 1 amide bonds. The smallest absolute Gasteiger partial charge is 0.271 e. The first-order valence-corrected chi connectivity index (χ1v) is 10.1. The molecule has 1 saturated heterocycles. The fourth-order valence-electron chi connectivity index (χ4n) is 3.59. The van der Waals surface area contributed by atoms with E-state index in [9.17, 15) is 4.79 Å². The van der Waals surface area contributed by atoms with Gasteiger partial charge in [0.25, 0.3) is 5.91 Å². The summed E-state index contributed by atoms with van der Waals surface area (Å²) in [5, 5.41) is 4.00. The van der Waals surface area contributed by atoms with Crippen LogP contribution < -0.4 is 5.32 Å². The molecule has 0 aromatic carbocycles. The number of morpholine rings is 1. The summed E-state index contributed by atoms with van der Waals surface area (Å²) < 4.78 is 6.08. The van der Waals surface area contributed by atoms with Gasteiger partial charge in [0, 0.05) is 18.3 Å². The van der Waals surface area contributed by atoms with E-state index in [1.165, 1.54) is 6.33 Å². The zero-order valence-corrected chi connectivity index (χ0v) is 17.2. The second-order valence-electron chi connectivity index (χ2n) is 7.04. The van der Waals surface area contributed by atoms with E-state index in [0.29, 0.717) is 53.3 Å². The molecule has 0 spiro atoms. The van der Waals surface area contributed by atoms with E-state index in [2.05, 4.69) is 46.2 Å². The van der Waals surface area contributed by atoms with Gasteiger partial charge >= 0.3 is 0 Å². The number of aliphatic imine (C=N–C) groups is 1. The minimum absolute atomic E-state index is 0.0115. The normalized spacial score (nSPS) is 18.3. The van der Waals surface area contributed by atoms with Crippen molar-refractivity contribution in [3.63, 3.8) is 0 Å². The zero-order valence-electron chi connectivity index (χ0n) is 15.6. The van der Waals surface area contributed by atoms with Crippen molar-refractivity contribution in [2.24, 2.45) is 4.99 Å². The largest absolute Gasteiger partial charge is 0.377 e. The number of nitrogens with zero attached hydrogens (tertiary/aromatic N) is 5. The Labute approximate surface area is 174 Å². The highest BCUT2D eigenvalue weighted by molar-refractivity contribution is 9.10. The number of carbonyl (C=O) groups is 1. The highest BCUT2D eigenvalue weighted by Gasteiger charge is 2.29. The number of anilines is 2. The number of rotatable bonds is 3. The van der Waals surface area contributed by atoms with Gasteiger partial charge in [-0.15, -0.1) is 0 Å². The summed E-state index contributed by atoms with van der Waals surface area (Å²) in [5.41, 5.74) is 3.77. The molecule has 0 saturated carbocycles. The predicted octanol–water partition coefficient (Wildman–Crippen LogP) is 2.65. The lowest BCUT2D eigenvalue weighted by Crippen LogP contribution is -2.47. The van der Waals surface area contributed by atoms with Crippen molar-refractivity contribution < 1.29 is 9.53 Å². The van der Waals surface area contributed by atoms with Gasteiger partial charge in [-0.1, -0.05) is 0 Å². The first-order valence-electron chi connectivity index (χ1n) is 9.28. The van der Waals surface area contributed by atoms with Crippen LogP contribution in [0, 0.1) is 0 Å². The molecule has 9 nitrogen and oxygen atoms in total. The van der Waals surface area contributed by atoms with Crippen LogP contribution in [0.2, 0.25) is 0 Å². The van der Waals surface area contributed by atoms with Crippen molar-refractivity contribution in [2.45, 2.75) is 19.5 Å². The van der Waals surface area contributed by atoms with Crippen molar-refractivity contribution in [3.8, 4) is 0 Å². The number of fused-ring (bicyclic) bond motifs is 2. The van der Waals surface area contributed by atoms with Crippen LogP contribution in [0.5, 0.6) is 0 Å². The monoisotopic (exact) mass is 455 g/mol. The predicted molar refractivity (Wildman–Crippen MR) is 112 cm³/mol. The van der Waals surface area contributed by atoms with Crippen molar-refractivity contribution in [1.29, 1.82) is 0 Å². The number of hydrogen-bond donors (Lipinski definition) is 2. The molecule has 0 aliphatic carbocycles. The lowest BCUT2D eigenvalue weighted by molar-refractivity contribution is 0.00327. The Morgan fingerprint density at radius 3 is 3.14 bits per heavy atom. The lowest BCUT2D eigenvalue weighted by atomic mass is 10.2. The summed E-state index contributed by atoms with van der Waals surface area (Å²) in [6.07, 6.45) is 5.03. The third-order valence-electron chi connectivity index (χ3n) is 5.11. The van der Waals surface area contributed by atoms with E-state index in [1.54, 1.807) is 6.20 Å². The molecule has 3 aromatic heterocycles. The number of amides is 1. The van der Waals surface area contributed by atoms with Crippen LogP contribution in [-0.4, -0.2) is 62.8 Å². The van der Waals surface area contributed by atoms with Gasteiger partial charge < -0.3 is 19.9 Å². The lowest BCUT2D eigenvalue weighted by Gasteiger charge is -2.33. The number of aromatic amines is 1. The quantitative estimate of drug-likeness (QED) is 0.628. The standard InChI is InChI=1S/C19H18BrN7O2/c1-10-8-29-3-2-27(10)19(28)16-15(20)14-17(23-9-24-18(14)26-16)25-12-4-11-5-21-7-13(11)22-6-12/h4-6,9-10H,2-3,7-8H2,1H3,(H2,23,24,25,26)/t10-/m1/s1. The summed E-state index contributed by atoms with van der Waals surface area (Å²) >= 11 is 3.59. The average Bonchev–Trinajstić information content (AvgIpc) is 3.32. The Balaban J connectivity index is 1.51. The zero-order chi connectivity index (χ0) is 20.0. The molecule has 1 fully saturated rings. The topological polar surface area (TPSA) is 108 Å². The molecule has 0 bridgehead atoms. The van der Waals surface area contributed by atoms with Crippen LogP contribution >= 0.6 is 15.9 Å². The van der Waals surface area contributed by atoms with Crippen molar-refractivity contribution in [3.05, 3.63) is 40.0 Å².